The van der Waals surface area contributed by atoms with Crippen LogP contribution >= 0.6 is 0 Å². The SMILES string of the molecule is CC(=O)C(O)[C@H]1O[C@@H](n2cc(C(C)C)c(=O)[nH]c2=O)C[C@@]1(O)C(C)=O. The van der Waals surface area contributed by atoms with Crippen molar-refractivity contribution in [2.75, 3.05) is 0 Å². The van der Waals surface area contributed by atoms with Gasteiger partial charge in [-0.25, -0.2) is 4.79 Å². The Bertz CT molecular complexity index is 809. The van der Waals surface area contributed by atoms with Crippen molar-refractivity contribution in [3.8, 4) is 0 Å². The van der Waals surface area contributed by atoms with Gasteiger partial charge in [0.05, 0.1) is 0 Å². The summed E-state index contributed by atoms with van der Waals surface area (Å²) in [5.74, 6) is -1.55. The maximum absolute atomic E-state index is 12.1. The Labute approximate surface area is 143 Å². The molecule has 0 spiro atoms. The molecule has 1 unspecified atom stereocenters. The monoisotopic (exact) mass is 354 g/mol. The van der Waals surface area contributed by atoms with E-state index >= 15 is 0 Å². The van der Waals surface area contributed by atoms with Gasteiger partial charge in [-0.05, 0) is 19.8 Å². The van der Waals surface area contributed by atoms with Crippen LogP contribution in [0.3, 0.4) is 0 Å². The van der Waals surface area contributed by atoms with E-state index in [1.54, 1.807) is 13.8 Å². The molecule has 1 aromatic rings. The Morgan fingerprint density at radius 3 is 2.44 bits per heavy atom. The van der Waals surface area contributed by atoms with Crippen molar-refractivity contribution in [3.05, 3.63) is 32.6 Å². The predicted molar refractivity (Wildman–Crippen MR) is 86.3 cm³/mol. The molecule has 1 aliphatic heterocycles. The highest BCUT2D eigenvalue weighted by Gasteiger charge is 2.55. The quantitative estimate of drug-likeness (QED) is 0.630. The Hall–Kier alpha value is -2.10. The second-order valence-corrected chi connectivity index (χ2v) is 6.66. The number of carbonyl (C=O) groups excluding carboxylic acids is 2. The van der Waals surface area contributed by atoms with E-state index in [1.807, 2.05) is 0 Å². The van der Waals surface area contributed by atoms with Crippen LogP contribution in [0, 0.1) is 0 Å². The molecule has 0 aliphatic carbocycles. The van der Waals surface area contributed by atoms with E-state index < -0.39 is 46.9 Å². The van der Waals surface area contributed by atoms with Crippen LogP contribution in [-0.4, -0.2) is 49.1 Å². The molecule has 1 aliphatic rings. The number of Topliss-reactive ketones (excluding diaryl/α,β-unsaturated/α-hetero) is 2. The first-order valence-electron chi connectivity index (χ1n) is 7.91. The fourth-order valence-electron chi connectivity index (χ4n) is 2.90. The highest BCUT2D eigenvalue weighted by molar-refractivity contribution is 5.88. The van der Waals surface area contributed by atoms with Gasteiger partial charge in [0.2, 0.25) is 0 Å². The molecule has 1 aromatic heterocycles. The molecular formula is C16H22N2O7. The van der Waals surface area contributed by atoms with Crippen molar-refractivity contribution in [3.63, 3.8) is 0 Å². The summed E-state index contributed by atoms with van der Waals surface area (Å²) in [7, 11) is 0. The molecule has 3 N–H and O–H groups in total. The largest absolute Gasteiger partial charge is 0.382 e. The van der Waals surface area contributed by atoms with Crippen LogP contribution in [0.15, 0.2) is 15.8 Å². The minimum Gasteiger partial charge on any atom is -0.382 e. The summed E-state index contributed by atoms with van der Waals surface area (Å²) in [6, 6.07) is 0. The van der Waals surface area contributed by atoms with Gasteiger partial charge in [-0.2, -0.15) is 0 Å². The molecule has 0 bridgehead atoms. The molecule has 2 rings (SSSR count). The van der Waals surface area contributed by atoms with Gasteiger partial charge < -0.3 is 14.9 Å². The third-order valence-electron chi connectivity index (χ3n) is 4.50. The number of aliphatic hydroxyl groups excluding tert-OH is 1. The van der Waals surface area contributed by atoms with Crippen LogP contribution in [0.25, 0.3) is 0 Å². The van der Waals surface area contributed by atoms with Crippen molar-refractivity contribution < 1.29 is 24.5 Å². The number of hydrogen-bond donors (Lipinski definition) is 3. The first-order chi connectivity index (χ1) is 11.5. The zero-order valence-electron chi connectivity index (χ0n) is 14.5. The highest BCUT2D eigenvalue weighted by Crippen LogP contribution is 2.38. The van der Waals surface area contributed by atoms with Gasteiger partial charge in [0.25, 0.3) is 5.56 Å². The zero-order valence-corrected chi connectivity index (χ0v) is 14.5. The minimum absolute atomic E-state index is 0.178. The van der Waals surface area contributed by atoms with Gasteiger partial charge >= 0.3 is 5.69 Å². The Morgan fingerprint density at radius 2 is 1.96 bits per heavy atom. The van der Waals surface area contributed by atoms with Crippen molar-refractivity contribution in [2.45, 2.75) is 64.1 Å². The smallest absolute Gasteiger partial charge is 0.330 e. The summed E-state index contributed by atoms with van der Waals surface area (Å²) in [4.78, 5) is 49.5. The van der Waals surface area contributed by atoms with E-state index in [9.17, 15) is 29.4 Å². The van der Waals surface area contributed by atoms with Crippen LogP contribution in [-0.2, 0) is 14.3 Å². The summed E-state index contributed by atoms with van der Waals surface area (Å²) in [6.45, 7) is 5.75. The number of ketones is 2. The lowest BCUT2D eigenvalue weighted by Gasteiger charge is -2.27. The summed E-state index contributed by atoms with van der Waals surface area (Å²) < 4.78 is 6.56. The molecule has 9 nitrogen and oxygen atoms in total. The van der Waals surface area contributed by atoms with Gasteiger partial charge in [0.15, 0.2) is 17.2 Å². The van der Waals surface area contributed by atoms with E-state index in [0.717, 1.165) is 18.4 Å². The molecule has 25 heavy (non-hydrogen) atoms. The average molecular weight is 354 g/mol. The molecule has 0 amide bonds. The normalized spacial score (nSPS) is 27.5. The average Bonchev–Trinajstić information content (AvgIpc) is 2.85. The first-order valence-corrected chi connectivity index (χ1v) is 7.91. The number of H-pyrrole nitrogens is 1. The number of nitrogens with zero attached hydrogens (tertiary/aromatic N) is 1. The fraction of sp³-hybridized carbons (Fsp3) is 0.625. The Morgan fingerprint density at radius 1 is 1.36 bits per heavy atom. The number of nitrogens with one attached hydrogen (secondary N) is 1. The first kappa shape index (κ1) is 19.2. The molecule has 9 heteroatoms. The van der Waals surface area contributed by atoms with Gasteiger partial charge in [0, 0.05) is 18.2 Å². The predicted octanol–water partition coefficient (Wildman–Crippen LogP) is -0.782. The second-order valence-electron chi connectivity index (χ2n) is 6.66. The number of aromatic nitrogens is 2. The molecular weight excluding hydrogens is 332 g/mol. The van der Waals surface area contributed by atoms with E-state index in [2.05, 4.69) is 4.98 Å². The van der Waals surface area contributed by atoms with Crippen LogP contribution in [0.1, 0.15) is 51.8 Å². The molecule has 0 aromatic carbocycles. The Kier molecular flexibility index (Phi) is 5.12. The lowest BCUT2D eigenvalue weighted by molar-refractivity contribution is -0.158. The number of aliphatic hydroxyl groups is 2. The van der Waals surface area contributed by atoms with Crippen molar-refractivity contribution in [1.29, 1.82) is 0 Å². The topological polar surface area (TPSA) is 139 Å². The fourth-order valence-corrected chi connectivity index (χ4v) is 2.90. The third-order valence-corrected chi connectivity index (χ3v) is 4.50. The van der Waals surface area contributed by atoms with E-state index in [-0.39, 0.29) is 12.3 Å². The molecule has 138 valence electrons. The molecule has 0 saturated carbocycles. The molecule has 0 radical (unpaired) electrons. The summed E-state index contributed by atoms with van der Waals surface area (Å²) in [5.41, 5.74) is -3.10. The number of aromatic amines is 1. The van der Waals surface area contributed by atoms with Crippen LogP contribution in [0.4, 0.5) is 0 Å². The van der Waals surface area contributed by atoms with Crippen molar-refractivity contribution in [2.24, 2.45) is 0 Å². The van der Waals surface area contributed by atoms with Crippen LogP contribution < -0.4 is 11.2 Å². The molecule has 1 saturated heterocycles. The second kappa shape index (κ2) is 6.66. The maximum Gasteiger partial charge on any atom is 0.330 e. The summed E-state index contributed by atoms with van der Waals surface area (Å²) >= 11 is 0. The number of rotatable bonds is 5. The standard InChI is InChI=1S/C16H22N2O7/c1-7(2)10-6-18(15(23)17-14(10)22)11-5-16(24,9(4)20)13(25-11)12(21)8(3)19/h6-7,11-13,21,24H,5H2,1-4H3,(H,17,22,23)/t11-,12?,13-,16-/m1/s1. The van der Waals surface area contributed by atoms with Gasteiger partial charge in [0.1, 0.15) is 18.4 Å². The lowest BCUT2D eigenvalue weighted by atomic mass is 9.86. The van der Waals surface area contributed by atoms with Crippen LogP contribution in [0.5, 0.6) is 0 Å². The zero-order chi connectivity index (χ0) is 19.1. The Balaban J connectivity index is 2.51. The van der Waals surface area contributed by atoms with E-state index in [0.29, 0.717) is 5.56 Å². The maximum atomic E-state index is 12.1. The number of carbonyl (C=O) groups is 2. The molecule has 4 atom stereocenters. The molecule has 2 heterocycles. The van der Waals surface area contributed by atoms with Gasteiger partial charge in [-0.1, -0.05) is 13.8 Å². The molecule has 1 fully saturated rings. The van der Waals surface area contributed by atoms with Gasteiger partial charge in [-0.3, -0.25) is 23.9 Å². The number of ether oxygens (including phenoxy) is 1. The van der Waals surface area contributed by atoms with Gasteiger partial charge in [-0.15, -0.1) is 0 Å². The summed E-state index contributed by atoms with van der Waals surface area (Å²) in [5, 5.41) is 20.6. The number of hydrogen-bond acceptors (Lipinski definition) is 7. The van der Waals surface area contributed by atoms with E-state index in [1.165, 1.54) is 6.20 Å². The third kappa shape index (κ3) is 3.35. The van der Waals surface area contributed by atoms with Crippen molar-refractivity contribution >= 4 is 11.6 Å². The lowest BCUT2D eigenvalue weighted by Crippen LogP contribution is -2.52. The van der Waals surface area contributed by atoms with Crippen molar-refractivity contribution in [1.82, 2.24) is 9.55 Å². The van der Waals surface area contributed by atoms with Crippen LogP contribution in [0.2, 0.25) is 0 Å². The minimum atomic E-state index is -2.12. The highest BCUT2D eigenvalue weighted by atomic mass is 16.6. The summed E-state index contributed by atoms with van der Waals surface area (Å²) in [6.07, 6.45) is -3.37. The van der Waals surface area contributed by atoms with E-state index in [4.69, 9.17) is 4.74 Å².